The Bertz CT molecular complexity index is 801. The smallest absolute Gasteiger partial charge is 0.412 e. The lowest BCUT2D eigenvalue weighted by atomic mass is 10.2. The summed E-state index contributed by atoms with van der Waals surface area (Å²) in [5.74, 6) is 0.388. The van der Waals surface area contributed by atoms with Crippen LogP contribution in [0.1, 0.15) is 12.5 Å². The van der Waals surface area contributed by atoms with Gasteiger partial charge in [-0.2, -0.15) is 0 Å². The number of benzene rings is 1. The van der Waals surface area contributed by atoms with Crippen LogP contribution < -0.4 is 10.6 Å². The number of hydrogen-bond acceptors (Lipinski definition) is 5. The van der Waals surface area contributed by atoms with Crippen LogP contribution in [0.5, 0.6) is 0 Å². The van der Waals surface area contributed by atoms with Crippen molar-refractivity contribution in [1.82, 2.24) is 15.0 Å². The van der Waals surface area contributed by atoms with Crippen molar-refractivity contribution in [2.75, 3.05) is 17.2 Å². The molecule has 23 heavy (non-hydrogen) atoms. The first-order valence-electron chi connectivity index (χ1n) is 7.32. The van der Waals surface area contributed by atoms with E-state index in [1.54, 1.807) is 19.3 Å². The molecule has 0 aliphatic heterocycles. The van der Waals surface area contributed by atoms with E-state index in [4.69, 9.17) is 4.74 Å². The molecule has 0 saturated carbocycles. The fraction of sp³-hybridized carbons (Fsp3) is 0.188. The zero-order chi connectivity index (χ0) is 16.1. The van der Waals surface area contributed by atoms with E-state index >= 15 is 0 Å². The van der Waals surface area contributed by atoms with Crippen molar-refractivity contribution in [2.45, 2.75) is 13.5 Å². The van der Waals surface area contributed by atoms with Gasteiger partial charge in [0.15, 0.2) is 5.65 Å². The van der Waals surface area contributed by atoms with Crippen molar-refractivity contribution in [3.05, 3.63) is 48.3 Å². The molecule has 2 heterocycles. The van der Waals surface area contributed by atoms with Crippen molar-refractivity contribution in [2.24, 2.45) is 0 Å². The van der Waals surface area contributed by atoms with Crippen LogP contribution in [0.4, 0.5) is 16.3 Å². The summed E-state index contributed by atoms with van der Waals surface area (Å²) < 4.78 is 4.87. The number of ether oxygens (including phenoxy) is 1. The average Bonchev–Trinajstić information content (AvgIpc) is 3.02. The van der Waals surface area contributed by atoms with Crippen LogP contribution in [0.25, 0.3) is 11.2 Å². The van der Waals surface area contributed by atoms with Crippen LogP contribution >= 0.6 is 0 Å². The molecular weight excluding hydrogens is 294 g/mol. The first kappa shape index (κ1) is 14.8. The summed E-state index contributed by atoms with van der Waals surface area (Å²) in [7, 11) is 0. The molecule has 0 aliphatic carbocycles. The van der Waals surface area contributed by atoms with Crippen LogP contribution in [0.2, 0.25) is 0 Å². The number of pyridine rings is 1. The van der Waals surface area contributed by atoms with Crippen LogP contribution in [-0.2, 0) is 11.3 Å². The lowest BCUT2D eigenvalue weighted by Crippen LogP contribution is -2.14. The minimum Gasteiger partial charge on any atom is -0.450 e. The van der Waals surface area contributed by atoms with Crippen molar-refractivity contribution < 1.29 is 9.53 Å². The number of hydrogen-bond donors (Lipinski definition) is 3. The number of fused-ring (bicyclic) bond motifs is 1. The highest BCUT2D eigenvalue weighted by Gasteiger charge is 2.10. The van der Waals surface area contributed by atoms with E-state index in [1.165, 1.54) is 0 Å². The molecule has 7 heteroatoms. The summed E-state index contributed by atoms with van der Waals surface area (Å²) in [6.45, 7) is 2.70. The molecule has 0 bridgehead atoms. The normalized spacial score (nSPS) is 10.5. The van der Waals surface area contributed by atoms with E-state index in [0.717, 1.165) is 16.8 Å². The second kappa shape index (κ2) is 6.78. The zero-order valence-corrected chi connectivity index (χ0v) is 12.7. The number of rotatable bonds is 5. The average molecular weight is 311 g/mol. The largest absolute Gasteiger partial charge is 0.450 e. The molecule has 0 saturated heterocycles. The molecule has 1 aromatic carbocycles. The predicted octanol–water partition coefficient (Wildman–Crippen LogP) is 3.14. The molecule has 1 amide bonds. The monoisotopic (exact) mass is 311 g/mol. The Morgan fingerprint density at radius 1 is 1.30 bits per heavy atom. The number of carbonyl (C=O) groups excluding carboxylic acids is 1. The molecule has 0 unspecified atom stereocenters. The minimum absolute atomic E-state index is 0.301. The number of aromatic nitrogens is 3. The van der Waals surface area contributed by atoms with Crippen molar-refractivity contribution in [3.63, 3.8) is 0 Å². The quantitative estimate of drug-likeness (QED) is 0.673. The number of imidazole rings is 1. The maximum absolute atomic E-state index is 11.6. The van der Waals surface area contributed by atoms with Gasteiger partial charge in [0.05, 0.1) is 18.6 Å². The molecule has 0 fully saturated rings. The van der Waals surface area contributed by atoms with E-state index in [9.17, 15) is 4.79 Å². The topological polar surface area (TPSA) is 91.9 Å². The minimum atomic E-state index is -0.538. The summed E-state index contributed by atoms with van der Waals surface area (Å²) in [5.41, 5.74) is 3.27. The molecule has 7 nitrogen and oxygen atoms in total. The molecule has 118 valence electrons. The molecule has 3 N–H and O–H groups in total. The Kier molecular flexibility index (Phi) is 4.37. The molecule has 3 rings (SSSR count). The van der Waals surface area contributed by atoms with Gasteiger partial charge in [-0.3, -0.25) is 5.32 Å². The van der Waals surface area contributed by atoms with Gasteiger partial charge in [-0.25, -0.2) is 14.8 Å². The summed E-state index contributed by atoms with van der Waals surface area (Å²) in [6.07, 6.45) is 1.03. The molecule has 0 aliphatic rings. The highest BCUT2D eigenvalue weighted by molar-refractivity contribution is 5.91. The molecular formula is C16H17N5O2. The third-order valence-corrected chi connectivity index (χ3v) is 3.23. The Morgan fingerprint density at radius 2 is 2.13 bits per heavy atom. The Hall–Kier alpha value is -3.09. The van der Waals surface area contributed by atoms with E-state index < -0.39 is 6.09 Å². The lowest BCUT2D eigenvalue weighted by Gasteiger charge is -2.10. The molecule has 0 atom stereocenters. The first-order valence-corrected chi connectivity index (χ1v) is 7.32. The van der Waals surface area contributed by atoms with E-state index in [2.05, 4.69) is 25.6 Å². The van der Waals surface area contributed by atoms with Crippen molar-refractivity contribution in [1.29, 1.82) is 0 Å². The maximum atomic E-state index is 11.6. The summed E-state index contributed by atoms with van der Waals surface area (Å²) >= 11 is 0. The molecule has 2 aromatic heterocycles. The summed E-state index contributed by atoms with van der Waals surface area (Å²) in [5, 5.41) is 5.93. The highest BCUT2D eigenvalue weighted by atomic mass is 16.5. The standard InChI is InChI=1S/C16H17N5O2/c1-2-23-16(22)21-13-8-12(14-15(20-13)19-10-18-14)17-9-11-6-4-3-5-7-11/h3-8,10H,2,9H2,1H3,(H3,17,18,19,20,21,22). The number of amides is 1. The number of H-pyrrole nitrogens is 1. The van der Waals surface area contributed by atoms with E-state index in [0.29, 0.717) is 24.6 Å². The van der Waals surface area contributed by atoms with Gasteiger partial charge in [0, 0.05) is 12.6 Å². The van der Waals surface area contributed by atoms with Gasteiger partial charge in [0.25, 0.3) is 0 Å². The molecule has 3 aromatic rings. The Balaban J connectivity index is 1.83. The Morgan fingerprint density at radius 3 is 2.91 bits per heavy atom. The van der Waals surface area contributed by atoms with Gasteiger partial charge >= 0.3 is 6.09 Å². The lowest BCUT2D eigenvalue weighted by molar-refractivity contribution is 0.168. The molecule has 0 radical (unpaired) electrons. The first-order chi connectivity index (χ1) is 11.3. The third kappa shape index (κ3) is 3.57. The van der Waals surface area contributed by atoms with Crippen molar-refractivity contribution in [3.8, 4) is 0 Å². The predicted molar refractivity (Wildman–Crippen MR) is 88.3 cm³/mol. The van der Waals surface area contributed by atoms with Crippen molar-refractivity contribution >= 4 is 28.8 Å². The van der Waals surface area contributed by atoms with Crippen LogP contribution in [0.15, 0.2) is 42.7 Å². The number of anilines is 2. The number of nitrogens with zero attached hydrogens (tertiary/aromatic N) is 2. The van der Waals surface area contributed by atoms with Gasteiger partial charge in [-0.1, -0.05) is 30.3 Å². The summed E-state index contributed by atoms with van der Waals surface area (Å²) in [4.78, 5) is 23.0. The summed E-state index contributed by atoms with van der Waals surface area (Å²) in [6, 6.07) is 11.8. The van der Waals surface area contributed by atoms with E-state index in [-0.39, 0.29) is 0 Å². The SMILES string of the molecule is CCOC(=O)Nc1cc(NCc2ccccc2)c2[nH]cnc2n1. The van der Waals surface area contributed by atoms with Gasteiger partial charge in [0.1, 0.15) is 11.3 Å². The van der Waals surface area contributed by atoms with Crippen LogP contribution in [0.3, 0.4) is 0 Å². The van der Waals surface area contributed by atoms with Gasteiger partial charge < -0.3 is 15.0 Å². The van der Waals surface area contributed by atoms with Gasteiger partial charge in [-0.05, 0) is 12.5 Å². The number of nitrogens with one attached hydrogen (secondary N) is 3. The van der Waals surface area contributed by atoms with Gasteiger partial charge in [0.2, 0.25) is 0 Å². The fourth-order valence-corrected chi connectivity index (χ4v) is 2.19. The van der Waals surface area contributed by atoms with E-state index in [1.807, 2.05) is 30.3 Å². The highest BCUT2D eigenvalue weighted by Crippen LogP contribution is 2.23. The van der Waals surface area contributed by atoms with Crippen LogP contribution in [0, 0.1) is 0 Å². The molecule has 0 spiro atoms. The number of carbonyl (C=O) groups is 1. The fourth-order valence-electron chi connectivity index (χ4n) is 2.19. The number of aromatic amines is 1. The zero-order valence-electron chi connectivity index (χ0n) is 12.7. The Labute approximate surface area is 133 Å². The third-order valence-electron chi connectivity index (χ3n) is 3.23. The second-order valence-electron chi connectivity index (χ2n) is 4.84. The van der Waals surface area contributed by atoms with Crippen LogP contribution in [-0.4, -0.2) is 27.7 Å². The van der Waals surface area contributed by atoms with Gasteiger partial charge in [-0.15, -0.1) is 0 Å². The maximum Gasteiger partial charge on any atom is 0.412 e. The second-order valence-corrected chi connectivity index (χ2v) is 4.84.